The van der Waals surface area contributed by atoms with Crippen molar-refractivity contribution in [2.45, 2.75) is 58.2 Å². The summed E-state index contributed by atoms with van der Waals surface area (Å²) in [5.74, 6) is 0.806. The summed E-state index contributed by atoms with van der Waals surface area (Å²) >= 11 is 0. The van der Waals surface area contributed by atoms with Crippen molar-refractivity contribution in [3.05, 3.63) is 59.7 Å². The van der Waals surface area contributed by atoms with Crippen LogP contribution in [0.25, 0.3) is 0 Å². The van der Waals surface area contributed by atoms with Crippen LogP contribution in [0, 0.1) is 6.92 Å². The van der Waals surface area contributed by atoms with E-state index in [9.17, 15) is 4.79 Å². The van der Waals surface area contributed by atoms with Crippen LogP contribution in [0.5, 0.6) is 5.75 Å². The van der Waals surface area contributed by atoms with Crippen LogP contribution in [-0.2, 0) is 16.1 Å². The lowest BCUT2D eigenvalue weighted by molar-refractivity contribution is -0.140. The highest BCUT2D eigenvalue weighted by Crippen LogP contribution is 2.35. The minimum atomic E-state index is -0.660. The fourth-order valence-electron chi connectivity index (χ4n) is 3.55. The molecule has 0 aliphatic heterocycles. The number of carbonyl (C=O) groups is 1. The van der Waals surface area contributed by atoms with Crippen LogP contribution in [0.4, 0.5) is 5.69 Å². The van der Waals surface area contributed by atoms with Gasteiger partial charge >= 0.3 is 0 Å². The number of rotatable bonds is 8. The molecule has 0 spiro atoms. The lowest BCUT2D eigenvalue weighted by Crippen LogP contribution is -2.43. The summed E-state index contributed by atoms with van der Waals surface area (Å²) in [7, 11) is 0. The zero-order chi connectivity index (χ0) is 19.1. The van der Waals surface area contributed by atoms with Gasteiger partial charge in [-0.05, 0) is 68.4 Å². The van der Waals surface area contributed by atoms with Crippen molar-refractivity contribution in [2.24, 2.45) is 0 Å². The van der Waals surface area contributed by atoms with Crippen LogP contribution in [0.2, 0.25) is 0 Å². The first-order valence-corrected chi connectivity index (χ1v) is 9.86. The Morgan fingerprint density at radius 1 is 1.11 bits per heavy atom. The minimum absolute atomic E-state index is 0.0224. The summed E-state index contributed by atoms with van der Waals surface area (Å²) in [6.07, 6.45) is 4.61. The Morgan fingerprint density at radius 3 is 2.52 bits per heavy atom. The zero-order valence-electron chi connectivity index (χ0n) is 16.3. The summed E-state index contributed by atoms with van der Waals surface area (Å²) in [5, 5.41) is 3.06. The maximum atomic E-state index is 12.9. The molecule has 2 aromatic rings. The molecule has 0 atom stereocenters. The highest BCUT2D eigenvalue weighted by atomic mass is 16.5. The highest BCUT2D eigenvalue weighted by Gasteiger charge is 2.42. The van der Waals surface area contributed by atoms with Gasteiger partial charge in [0.15, 0.2) is 0 Å². The first-order chi connectivity index (χ1) is 13.1. The van der Waals surface area contributed by atoms with E-state index in [2.05, 4.69) is 12.2 Å². The Balaban J connectivity index is 1.63. The van der Waals surface area contributed by atoms with E-state index in [1.807, 2.05) is 55.5 Å². The molecular formula is C23H29NO3. The molecule has 0 saturated heterocycles. The number of hydrogen-bond acceptors (Lipinski definition) is 3. The standard InChI is InChI=1S/C23H29NO3/c1-3-15-27-23(13-7-8-14-23)22(25)24-20-11-12-21(18(2)16-20)26-17-19-9-5-4-6-10-19/h4-6,9-12,16H,3,7-8,13-15,17H2,1-2H3,(H,24,25). The fourth-order valence-corrected chi connectivity index (χ4v) is 3.55. The third kappa shape index (κ3) is 4.89. The van der Waals surface area contributed by atoms with Gasteiger partial charge in [0, 0.05) is 12.3 Å². The second kappa shape index (κ2) is 9.05. The number of carbonyl (C=O) groups excluding carboxylic acids is 1. The average molecular weight is 367 g/mol. The van der Waals surface area contributed by atoms with Crippen molar-refractivity contribution in [3.8, 4) is 5.75 Å². The Bertz CT molecular complexity index is 751. The molecule has 2 aromatic carbocycles. The molecule has 0 radical (unpaired) electrons. The molecule has 1 N–H and O–H groups in total. The molecule has 0 bridgehead atoms. The second-order valence-corrected chi connectivity index (χ2v) is 7.26. The van der Waals surface area contributed by atoms with Crippen LogP contribution in [0.15, 0.2) is 48.5 Å². The third-order valence-electron chi connectivity index (χ3n) is 5.08. The van der Waals surface area contributed by atoms with Gasteiger partial charge in [0.1, 0.15) is 18.0 Å². The van der Waals surface area contributed by atoms with Crippen molar-refractivity contribution >= 4 is 11.6 Å². The SMILES string of the molecule is CCCOC1(C(=O)Nc2ccc(OCc3ccccc3)c(C)c2)CCCC1. The van der Waals surface area contributed by atoms with Gasteiger partial charge in [0.05, 0.1) is 0 Å². The molecule has 1 amide bonds. The van der Waals surface area contributed by atoms with Gasteiger partial charge < -0.3 is 14.8 Å². The van der Waals surface area contributed by atoms with Crippen molar-refractivity contribution in [1.82, 2.24) is 0 Å². The van der Waals surface area contributed by atoms with Gasteiger partial charge in [-0.25, -0.2) is 0 Å². The van der Waals surface area contributed by atoms with Crippen molar-refractivity contribution < 1.29 is 14.3 Å². The summed E-state index contributed by atoms with van der Waals surface area (Å²) in [4.78, 5) is 12.9. The first-order valence-electron chi connectivity index (χ1n) is 9.86. The maximum Gasteiger partial charge on any atom is 0.256 e. The lowest BCUT2D eigenvalue weighted by Gasteiger charge is -2.28. The van der Waals surface area contributed by atoms with Crippen molar-refractivity contribution in [1.29, 1.82) is 0 Å². The number of aryl methyl sites for hydroxylation is 1. The third-order valence-corrected chi connectivity index (χ3v) is 5.08. The second-order valence-electron chi connectivity index (χ2n) is 7.26. The van der Waals surface area contributed by atoms with Gasteiger partial charge in [-0.2, -0.15) is 0 Å². The number of nitrogens with one attached hydrogen (secondary N) is 1. The summed E-state index contributed by atoms with van der Waals surface area (Å²) in [6, 6.07) is 15.9. The van der Waals surface area contributed by atoms with Crippen LogP contribution in [0.3, 0.4) is 0 Å². The molecule has 144 valence electrons. The highest BCUT2D eigenvalue weighted by molar-refractivity contribution is 5.97. The Morgan fingerprint density at radius 2 is 1.85 bits per heavy atom. The lowest BCUT2D eigenvalue weighted by atomic mass is 10.0. The molecule has 3 rings (SSSR count). The number of ether oxygens (including phenoxy) is 2. The molecule has 4 heteroatoms. The molecule has 0 unspecified atom stereocenters. The van der Waals surface area contributed by atoms with Crippen molar-refractivity contribution in [3.63, 3.8) is 0 Å². The number of benzene rings is 2. The predicted octanol–water partition coefficient (Wildman–Crippen LogP) is 5.25. The summed E-state index contributed by atoms with van der Waals surface area (Å²) in [6.45, 7) is 5.22. The fraction of sp³-hybridized carbons (Fsp3) is 0.435. The molecule has 0 aromatic heterocycles. The van der Waals surface area contributed by atoms with Crippen LogP contribution in [-0.4, -0.2) is 18.1 Å². The predicted molar refractivity (Wildman–Crippen MR) is 108 cm³/mol. The smallest absolute Gasteiger partial charge is 0.256 e. The molecular weight excluding hydrogens is 338 g/mol. The summed E-state index contributed by atoms with van der Waals surface area (Å²) in [5.41, 5.74) is 2.26. The van der Waals surface area contributed by atoms with Gasteiger partial charge in [0.25, 0.3) is 5.91 Å². The largest absolute Gasteiger partial charge is 0.489 e. The van der Waals surface area contributed by atoms with E-state index in [0.29, 0.717) is 13.2 Å². The van der Waals surface area contributed by atoms with Crippen LogP contribution >= 0.6 is 0 Å². The Labute approximate surface area is 161 Å². The number of hydrogen-bond donors (Lipinski definition) is 1. The first kappa shape index (κ1) is 19.4. The van der Waals surface area contributed by atoms with E-state index in [4.69, 9.17) is 9.47 Å². The van der Waals surface area contributed by atoms with Gasteiger partial charge in [-0.3, -0.25) is 4.79 Å². The maximum absolute atomic E-state index is 12.9. The number of amides is 1. The average Bonchev–Trinajstić information content (AvgIpc) is 3.17. The molecule has 1 aliphatic rings. The Kier molecular flexibility index (Phi) is 6.51. The summed E-state index contributed by atoms with van der Waals surface area (Å²) < 4.78 is 11.9. The van der Waals surface area contributed by atoms with Gasteiger partial charge in [-0.1, -0.05) is 37.3 Å². The van der Waals surface area contributed by atoms with Crippen LogP contribution < -0.4 is 10.1 Å². The van der Waals surface area contributed by atoms with E-state index in [0.717, 1.165) is 54.7 Å². The van der Waals surface area contributed by atoms with Crippen molar-refractivity contribution in [2.75, 3.05) is 11.9 Å². The topological polar surface area (TPSA) is 47.6 Å². The van der Waals surface area contributed by atoms with Crippen LogP contribution in [0.1, 0.15) is 50.2 Å². The monoisotopic (exact) mass is 367 g/mol. The zero-order valence-corrected chi connectivity index (χ0v) is 16.3. The van der Waals surface area contributed by atoms with E-state index < -0.39 is 5.60 Å². The molecule has 4 nitrogen and oxygen atoms in total. The van der Waals surface area contributed by atoms with Gasteiger partial charge in [-0.15, -0.1) is 0 Å². The van der Waals surface area contributed by atoms with E-state index in [-0.39, 0.29) is 5.91 Å². The quantitative estimate of drug-likeness (QED) is 0.693. The molecule has 27 heavy (non-hydrogen) atoms. The number of anilines is 1. The van der Waals surface area contributed by atoms with E-state index in [1.165, 1.54) is 0 Å². The normalized spacial score (nSPS) is 15.5. The Hall–Kier alpha value is -2.33. The molecule has 1 fully saturated rings. The van der Waals surface area contributed by atoms with E-state index in [1.54, 1.807) is 0 Å². The molecule has 1 aliphatic carbocycles. The minimum Gasteiger partial charge on any atom is -0.489 e. The van der Waals surface area contributed by atoms with E-state index >= 15 is 0 Å². The molecule has 1 saturated carbocycles. The molecule has 0 heterocycles. The van der Waals surface area contributed by atoms with Gasteiger partial charge in [0.2, 0.25) is 0 Å².